The van der Waals surface area contributed by atoms with Crippen LogP contribution in [0.3, 0.4) is 0 Å². The standard InChI is InChI=1S/C23H38BNO5/c1-10-17-16-18(27-15-11-14-25(9)20(26)28-21(2,3)4)12-13-19(17)24-29-22(5,6)23(7,8)30-24/h12-13,16H,10-11,14-15H2,1-9H3. The molecule has 7 heteroatoms. The molecule has 0 unspecified atom stereocenters. The molecule has 6 nitrogen and oxygen atoms in total. The summed E-state index contributed by atoms with van der Waals surface area (Å²) in [5.74, 6) is 0.812. The van der Waals surface area contributed by atoms with Crippen LogP contribution in [0.25, 0.3) is 0 Å². The lowest BCUT2D eigenvalue weighted by molar-refractivity contribution is 0.00578. The molecule has 2 rings (SSSR count). The Balaban J connectivity index is 1.91. The van der Waals surface area contributed by atoms with Crippen LogP contribution in [-0.2, 0) is 20.5 Å². The zero-order valence-corrected chi connectivity index (χ0v) is 20.1. The highest BCUT2D eigenvalue weighted by Crippen LogP contribution is 2.36. The van der Waals surface area contributed by atoms with E-state index in [-0.39, 0.29) is 24.4 Å². The van der Waals surface area contributed by atoms with Gasteiger partial charge in [-0.25, -0.2) is 4.79 Å². The van der Waals surface area contributed by atoms with Crippen molar-refractivity contribution in [3.63, 3.8) is 0 Å². The number of carbonyl (C=O) groups excluding carboxylic acids is 1. The summed E-state index contributed by atoms with van der Waals surface area (Å²) in [6, 6.07) is 6.04. The normalized spacial score (nSPS) is 17.7. The maximum Gasteiger partial charge on any atom is 0.495 e. The van der Waals surface area contributed by atoms with E-state index in [4.69, 9.17) is 18.8 Å². The van der Waals surface area contributed by atoms with Gasteiger partial charge in [-0.15, -0.1) is 0 Å². The van der Waals surface area contributed by atoms with Gasteiger partial charge in [-0.05, 0) is 84.5 Å². The Morgan fingerprint density at radius 1 is 1.13 bits per heavy atom. The van der Waals surface area contributed by atoms with E-state index in [1.165, 1.54) is 0 Å². The van der Waals surface area contributed by atoms with E-state index in [2.05, 4.69) is 40.7 Å². The molecule has 1 aliphatic rings. The fraction of sp³-hybridized carbons (Fsp3) is 0.696. The van der Waals surface area contributed by atoms with Crippen LogP contribution in [-0.4, -0.2) is 55.1 Å². The first-order valence-corrected chi connectivity index (χ1v) is 10.8. The van der Waals surface area contributed by atoms with Gasteiger partial charge >= 0.3 is 13.2 Å². The number of amides is 1. The van der Waals surface area contributed by atoms with Crippen molar-refractivity contribution in [3.05, 3.63) is 23.8 Å². The van der Waals surface area contributed by atoms with Crippen LogP contribution in [0.15, 0.2) is 18.2 Å². The Kier molecular flexibility index (Phi) is 7.52. The van der Waals surface area contributed by atoms with Gasteiger partial charge in [0.2, 0.25) is 0 Å². The number of carbonyl (C=O) groups is 1. The quantitative estimate of drug-likeness (QED) is 0.490. The van der Waals surface area contributed by atoms with Gasteiger partial charge < -0.3 is 23.7 Å². The van der Waals surface area contributed by atoms with E-state index in [1.807, 2.05) is 32.9 Å². The second-order valence-corrected chi connectivity index (χ2v) is 9.91. The average molecular weight is 419 g/mol. The summed E-state index contributed by atoms with van der Waals surface area (Å²) < 4.78 is 23.7. The summed E-state index contributed by atoms with van der Waals surface area (Å²) in [4.78, 5) is 13.6. The Labute approximate surface area is 182 Å². The molecule has 168 valence electrons. The van der Waals surface area contributed by atoms with E-state index < -0.39 is 5.60 Å². The highest BCUT2D eigenvalue weighted by molar-refractivity contribution is 6.62. The number of benzene rings is 1. The van der Waals surface area contributed by atoms with Crippen molar-refractivity contribution in [2.45, 2.75) is 85.0 Å². The van der Waals surface area contributed by atoms with Gasteiger partial charge in [0.25, 0.3) is 0 Å². The number of ether oxygens (including phenoxy) is 2. The highest BCUT2D eigenvalue weighted by atomic mass is 16.7. The number of rotatable bonds is 7. The van der Waals surface area contributed by atoms with E-state index >= 15 is 0 Å². The zero-order valence-electron chi connectivity index (χ0n) is 20.1. The van der Waals surface area contributed by atoms with Crippen molar-refractivity contribution in [1.29, 1.82) is 0 Å². The minimum atomic E-state index is -0.489. The molecule has 0 aromatic heterocycles. The molecule has 0 spiro atoms. The number of nitrogens with zero attached hydrogens (tertiary/aromatic N) is 1. The van der Waals surface area contributed by atoms with Crippen molar-refractivity contribution >= 4 is 18.7 Å². The third kappa shape index (κ3) is 6.14. The van der Waals surface area contributed by atoms with Crippen molar-refractivity contribution < 1.29 is 23.6 Å². The summed E-state index contributed by atoms with van der Waals surface area (Å²) in [6.07, 6.45) is 1.26. The largest absolute Gasteiger partial charge is 0.495 e. The Hall–Kier alpha value is -1.73. The fourth-order valence-corrected chi connectivity index (χ4v) is 3.10. The van der Waals surface area contributed by atoms with Crippen LogP contribution in [0.2, 0.25) is 0 Å². The lowest BCUT2D eigenvalue weighted by Gasteiger charge is -2.32. The van der Waals surface area contributed by atoms with Gasteiger partial charge in [-0.1, -0.05) is 13.0 Å². The topological polar surface area (TPSA) is 57.2 Å². The summed E-state index contributed by atoms with van der Waals surface area (Å²) in [5, 5.41) is 0. The van der Waals surface area contributed by atoms with Gasteiger partial charge in [0.15, 0.2) is 0 Å². The monoisotopic (exact) mass is 419 g/mol. The minimum Gasteiger partial charge on any atom is -0.494 e. The molecule has 0 bridgehead atoms. The van der Waals surface area contributed by atoms with Crippen molar-refractivity contribution in [2.75, 3.05) is 20.2 Å². The molecule has 0 saturated carbocycles. The molecule has 0 N–H and O–H groups in total. The Bertz CT molecular complexity index is 726. The second-order valence-electron chi connectivity index (χ2n) is 9.91. The van der Waals surface area contributed by atoms with Crippen LogP contribution in [0.4, 0.5) is 4.79 Å². The molecule has 0 radical (unpaired) electrons. The first kappa shape index (κ1) is 24.5. The number of aryl methyl sites for hydroxylation is 1. The molecule has 1 aromatic rings. The zero-order chi connectivity index (χ0) is 22.7. The fourth-order valence-electron chi connectivity index (χ4n) is 3.10. The molecule has 1 heterocycles. The van der Waals surface area contributed by atoms with Gasteiger partial charge in [-0.2, -0.15) is 0 Å². The maximum absolute atomic E-state index is 12.0. The van der Waals surface area contributed by atoms with E-state index in [9.17, 15) is 4.79 Å². The molecule has 30 heavy (non-hydrogen) atoms. The minimum absolute atomic E-state index is 0.317. The lowest BCUT2D eigenvalue weighted by Crippen LogP contribution is -2.41. The third-order valence-electron chi connectivity index (χ3n) is 5.61. The summed E-state index contributed by atoms with van der Waals surface area (Å²) >= 11 is 0. The maximum atomic E-state index is 12.0. The molecular weight excluding hydrogens is 381 g/mol. The lowest BCUT2D eigenvalue weighted by atomic mass is 9.75. The van der Waals surface area contributed by atoms with Crippen LogP contribution >= 0.6 is 0 Å². The predicted molar refractivity (Wildman–Crippen MR) is 121 cm³/mol. The number of hydrogen-bond donors (Lipinski definition) is 0. The van der Waals surface area contributed by atoms with Crippen molar-refractivity contribution in [1.82, 2.24) is 4.90 Å². The molecule has 1 saturated heterocycles. The van der Waals surface area contributed by atoms with Crippen LogP contribution < -0.4 is 10.2 Å². The SMILES string of the molecule is CCc1cc(OCCCN(C)C(=O)OC(C)(C)C)ccc1B1OC(C)(C)C(C)(C)O1. The van der Waals surface area contributed by atoms with Gasteiger partial charge in [0.05, 0.1) is 17.8 Å². The van der Waals surface area contributed by atoms with Gasteiger partial charge in [-0.3, -0.25) is 0 Å². The van der Waals surface area contributed by atoms with Crippen LogP contribution in [0, 0.1) is 0 Å². The molecule has 0 aliphatic carbocycles. The van der Waals surface area contributed by atoms with Crippen LogP contribution in [0.5, 0.6) is 5.75 Å². The Morgan fingerprint density at radius 3 is 2.27 bits per heavy atom. The van der Waals surface area contributed by atoms with Gasteiger partial charge in [0.1, 0.15) is 11.4 Å². The molecule has 0 atom stereocenters. The molecule has 1 aliphatic heterocycles. The van der Waals surface area contributed by atoms with E-state index in [0.29, 0.717) is 13.2 Å². The van der Waals surface area contributed by atoms with Crippen molar-refractivity contribution in [3.8, 4) is 5.75 Å². The molecule has 1 amide bonds. The number of hydrogen-bond acceptors (Lipinski definition) is 5. The first-order valence-electron chi connectivity index (χ1n) is 10.8. The smallest absolute Gasteiger partial charge is 0.494 e. The predicted octanol–water partition coefficient (Wildman–Crippen LogP) is 4.18. The van der Waals surface area contributed by atoms with Crippen molar-refractivity contribution in [2.24, 2.45) is 0 Å². The average Bonchev–Trinajstić information content (AvgIpc) is 2.84. The van der Waals surface area contributed by atoms with Gasteiger partial charge in [0, 0.05) is 13.6 Å². The highest BCUT2D eigenvalue weighted by Gasteiger charge is 2.52. The van der Waals surface area contributed by atoms with E-state index in [0.717, 1.165) is 29.6 Å². The van der Waals surface area contributed by atoms with E-state index in [1.54, 1.807) is 11.9 Å². The Morgan fingerprint density at radius 2 is 1.73 bits per heavy atom. The second kappa shape index (κ2) is 9.19. The first-order chi connectivity index (χ1) is 13.8. The third-order valence-corrected chi connectivity index (χ3v) is 5.61. The molecule has 1 aromatic carbocycles. The molecular formula is C23H38BNO5. The summed E-state index contributed by atoms with van der Waals surface area (Å²) in [6.45, 7) is 17.0. The molecule has 1 fully saturated rings. The van der Waals surface area contributed by atoms with Crippen LogP contribution in [0.1, 0.15) is 67.4 Å². The summed E-state index contributed by atoms with van der Waals surface area (Å²) in [7, 11) is 1.37. The summed E-state index contributed by atoms with van der Waals surface area (Å²) in [5.41, 5.74) is 0.984.